The smallest absolute Gasteiger partial charge is 0.270 e. The quantitative estimate of drug-likeness (QED) is 0.847. The van der Waals surface area contributed by atoms with E-state index in [0.29, 0.717) is 6.04 Å². The van der Waals surface area contributed by atoms with Crippen LogP contribution in [0.2, 0.25) is 0 Å². The number of rotatable bonds is 3. The van der Waals surface area contributed by atoms with E-state index in [1.165, 1.54) is 12.8 Å². The van der Waals surface area contributed by atoms with Crippen LogP contribution in [-0.4, -0.2) is 52.5 Å². The maximum absolute atomic E-state index is 12.7. The zero-order chi connectivity index (χ0) is 14.3. The SMILES string of the molecule is CC(C)n1cc(Br)cc1C(=O)N1CCN(C2CC2)CC1. The molecule has 0 N–H and O–H groups in total. The lowest BCUT2D eigenvalue weighted by molar-refractivity contribution is 0.0615. The molecule has 2 heterocycles. The fraction of sp³-hybridized carbons (Fsp3) is 0.667. The van der Waals surface area contributed by atoms with Crippen molar-refractivity contribution in [3.05, 3.63) is 22.4 Å². The second-order valence-corrected chi connectivity index (χ2v) is 7.02. The van der Waals surface area contributed by atoms with Crippen molar-refractivity contribution in [1.82, 2.24) is 14.4 Å². The third-order valence-corrected chi connectivity index (χ3v) is 4.69. The van der Waals surface area contributed by atoms with Gasteiger partial charge in [0.25, 0.3) is 5.91 Å². The maximum atomic E-state index is 12.7. The zero-order valence-corrected chi connectivity index (χ0v) is 13.8. The van der Waals surface area contributed by atoms with Gasteiger partial charge in [-0.15, -0.1) is 0 Å². The molecule has 4 nitrogen and oxygen atoms in total. The first-order valence-electron chi connectivity index (χ1n) is 7.47. The summed E-state index contributed by atoms with van der Waals surface area (Å²) in [6.07, 6.45) is 4.69. The molecule has 5 heteroatoms. The van der Waals surface area contributed by atoms with Crippen LogP contribution >= 0.6 is 15.9 Å². The van der Waals surface area contributed by atoms with Gasteiger partial charge in [-0.05, 0) is 48.7 Å². The highest BCUT2D eigenvalue weighted by atomic mass is 79.9. The number of halogens is 1. The molecule has 2 aliphatic rings. The largest absolute Gasteiger partial charge is 0.340 e. The van der Waals surface area contributed by atoms with E-state index in [2.05, 4.69) is 39.2 Å². The number of piperazine rings is 1. The molecule has 1 aliphatic heterocycles. The first-order valence-corrected chi connectivity index (χ1v) is 8.26. The molecule has 0 unspecified atom stereocenters. The Kier molecular flexibility index (Phi) is 3.91. The Morgan fingerprint density at radius 2 is 1.90 bits per heavy atom. The van der Waals surface area contributed by atoms with Crippen molar-refractivity contribution in [3.63, 3.8) is 0 Å². The minimum absolute atomic E-state index is 0.167. The molecule has 1 aromatic rings. The van der Waals surface area contributed by atoms with Gasteiger partial charge in [0.05, 0.1) is 0 Å². The van der Waals surface area contributed by atoms with Gasteiger partial charge in [0.1, 0.15) is 5.69 Å². The lowest BCUT2D eigenvalue weighted by Crippen LogP contribution is -2.49. The molecule has 1 saturated carbocycles. The van der Waals surface area contributed by atoms with Crippen molar-refractivity contribution in [2.45, 2.75) is 38.8 Å². The number of hydrogen-bond acceptors (Lipinski definition) is 2. The fourth-order valence-corrected chi connectivity index (χ4v) is 3.37. The Bertz CT molecular complexity index is 499. The van der Waals surface area contributed by atoms with E-state index >= 15 is 0 Å². The van der Waals surface area contributed by atoms with Gasteiger partial charge >= 0.3 is 0 Å². The van der Waals surface area contributed by atoms with Crippen LogP contribution < -0.4 is 0 Å². The van der Waals surface area contributed by atoms with Gasteiger partial charge in [-0.25, -0.2) is 0 Å². The summed E-state index contributed by atoms with van der Waals surface area (Å²) in [6, 6.07) is 3.05. The lowest BCUT2D eigenvalue weighted by Gasteiger charge is -2.35. The average molecular weight is 340 g/mol. The first-order chi connectivity index (χ1) is 9.56. The molecule has 1 aromatic heterocycles. The second-order valence-electron chi connectivity index (χ2n) is 6.10. The molecule has 0 spiro atoms. The molecule has 0 bridgehead atoms. The van der Waals surface area contributed by atoms with Crippen LogP contribution in [0.25, 0.3) is 0 Å². The third-order valence-electron chi connectivity index (χ3n) is 4.26. The number of aromatic nitrogens is 1. The van der Waals surface area contributed by atoms with Crippen LogP contribution in [0.5, 0.6) is 0 Å². The number of amides is 1. The van der Waals surface area contributed by atoms with Crippen LogP contribution in [-0.2, 0) is 0 Å². The Hall–Kier alpha value is -0.810. The van der Waals surface area contributed by atoms with Crippen LogP contribution in [0.3, 0.4) is 0 Å². The predicted octanol–water partition coefficient (Wildman–Crippen LogP) is 2.75. The minimum atomic E-state index is 0.167. The maximum Gasteiger partial charge on any atom is 0.270 e. The van der Waals surface area contributed by atoms with Crippen molar-refractivity contribution < 1.29 is 4.79 Å². The van der Waals surface area contributed by atoms with E-state index in [1.807, 2.05) is 17.2 Å². The van der Waals surface area contributed by atoms with Crippen molar-refractivity contribution in [1.29, 1.82) is 0 Å². The van der Waals surface area contributed by atoms with E-state index < -0.39 is 0 Å². The van der Waals surface area contributed by atoms with Crippen molar-refractivity contribution in [3.8, 4) is 0 Å². The number of carbonyl (C=O) groups excluding carboxylic acids is 1. The number of carbonyl (C=O) groups is 1. The van der Waals surface area contributed by atoms with Gasteiger partial charge in [0.15, 0.2) is 0 Å². The van der Waals surface area contributed by atoms with E-state index in [-0.39, 0.29) is 5.91 Å². The molecular formula is C15H22BrN3O. The molecule has 3 rings (SSSR count). The Balaban J connectivity index is 1.69. The van der Waals surface area contributed by atoms with Crippen LogP contribution in [0.4, 0.5) is 0 Å². The normalized spacial score (nSPS) is 20.7. The van der Waals surface area contributed by atoms with Crippen LogP contribution in [0.1, 0.15) is 43.2 Å². The summed E-state index contributed by atoms with van der Waals surface area (Å²) in [7, 11) is 0. The first kappa shape index (κ1) is 14.1. The molecule has 20 heavy (non-hydrogen) atoms. The summed E-state index contributed by atoms with van der Waals surface area (Å²) in [5.74, 6) is 0.167. The fourth-order valence-electron chi connectivity index (χ4n) is 2.94. The molecule has 2 fully saturated rings. The second kappa shape index (κ2) is 5.53. The molecular weight excluding hydrogens is 318 g/mol. The third kappa shape index (κ3) is 2.79. The standard InChI is InChI=1S/C15H22BrN3O/c1-11(2)19-10-12(16)9-14(19)15(20)18-7-5-17(6-8-18)13-3-4-13/h9-11,13H,3-8H2,1-2H3. The molecule has 1 aliphatic carbocycles. The summed E-state index contributed by atoms with van der Waals surface area (Å²) in [6.45, 7) is 7.98. The summed E-state index contributed by atoms with van der Waals surface area (Å²) < 4.78 is 3.03. The topological polar surface area (TPSA) is 28.5 Å². The highest BCUT2D eigenvalue weighted by molar-refractivity contribution is 9.10. The summed E-state index contributed by atoms with van der Waals surface area (Å²) in [5, 5.41) is 0. The Morgan fingerprint density at radius 3 is 2.45 bits per heavy atom. The molecule has 0 aromatic carbocycles. The number of nitrogens with zero attached hydrogens (tertiary/aromatic N) is 3. The highest BCUT2D eigenvalue weighted by Gasteiger charge is 2.33. The summed E-state index contributed by atoms with van der Waals surface area (Å²) in [5.41, 5.74) is 0.798. The van der Waals surface area contributed by atoms with Crippen LogP contribution in [0, 0.1) is 0 Å². The Labute approximate surface area is 128 Å². The van der Waals surface area contributed by atoms with Crippen molar-refractivity contribution in [2.75, 3.05) is 26.2 Å². The molecule has 1 saturated heterocycles. The van der Waals surface area contributed by atoms with E-state index in [0.717, 1.165) is 42.4 Å². The van der Waals surface area contributed by atoms with Gasteiger partial charge in [-0.3, -0.25) is 9.69 Å². The summed E-state index contributed by atoms with van der Waals surface area (Å²) >= 11 is 3.48. The van der Waals surface area contributed by atoms with Gasteiger partial charge in [-0.1, -0.05) is 0 Å². The van der Waals surface area contributed by atoms with E-state index in [1.54, 1.807) is 0 Å². The Morgan fingerprint density at radius 1 is 1.25 bits per heavy atom. The lowest BCUT2D eigenvalue weighted by atomic mass is 10.2. The molecule has 0 radical (unpaired) electrons. The minimum Gasteiger partial charge on any atom is -0.340 e. The average Bonchev–Trinajstić information content (AvgIpc) is 3.20. The molecule has 0 atom stereocenters. The predicted molar refractivity (Wildman–Crippen MR) is 83.0 cm³/mol. The van der Waals surface area contributed by atoms with Crippen molar-refractivity contribution >= 4 is 21.8 Å². The number of hydrogen-bond donors (Lipinski definition) is 0. The molecule has 1 amide bonds. The highest BCUT2D eigenvalue weighted by Crippen LogP contribution is 2.28. The summed E-state index contributed by atoms with van der Waals surface area (Å²) in [4.78, 5) is 17.2. The van der Waals surface area contributed by atoms with E-state index in [9.17, 15) is 4.79 Å². The monoisotopic (exact) mass is 339 g/mol. The van der Waals surface area contributed by atoms with Gasteiger partial charge in [0, 0.05) is 48.9 Å². The molecule has 110 valence electrons. The van der Waals surface area contributed by atoms with Crippen molar-refractivity contribution in [2.24, 2.45) is 0 Å². The zero-order valence-electron chi connectivity index (χ0n) is 12.2. The van der Waals surface area contributed by atoms with Crippen LogP contribution in [0.15, 0.2) is 16.7 Å². The van der Waals surface area contributed by atoms with Gasteiger partial charge in [0.2, 0.25) is 0 Å². The van der Waals surface area contributed by atoms with E-state index in [4.69, 9.17) is 0 Å². The van der Waals surface area contributed by atoms with Gasteiger partial charge < -0.3 is 9.47 Å². The van der Waals surface area contributed by atoms with Gasteiger partial charge in [-0.2, -0.15) is 0 Å².